The second-order valence-electron chi connectivity index (χ2n) is 12.9. The number of pyridine rings is 1. The van der Waals surface area contributed by atoms with Crippen LogP contribution in [0.4, 0.5) is 0 Å². The number of likely N-dealkylation sites (N-methyl/N-ethyl adjacent to an activating group) is 1. The maximum atomic E-state index is 12.9. The predicted molar refractivity (Wildman–Crippen MR) is 196 cm³/mol. The van der Waals surface area contributed by atoms with Crippen molar-refractivity contribution >= 4 is 16.9 Å². The minimum Gasteiger partial charge on any atom is -0.392 e. The van der Waals surface area contributed by atoms with E-state index >= 15 is 0 Å². The van der Waals surface area contributed by atoms with Crippen molar-refractivity contribution in [3.05, 3.63) is 161 Å². The van der Waals surface area contributed by atoms with Crippen LogP contribution in [0.15, 0.2) is 128 Å². The van der Waals surface area contributed by atoms with Crippen molar-refractivity contribution in [3.8, 4) is 11.1 Å². The van der Waals surface area contributed by atoms with E-state index in [-0.39, 0.29) is 30.4 Å². The molecule has 4 aromatic carbocycles. The van der Waals surface area contributed by atoms with Crippen LogP contribution in [0.1, 0.15) is 57.3 Å². The van der Waals surface area contributed by atoms with Crippen molar-refractivity contribution in [2.45, 2.75) is 44.5 Å². The van der Waals surface area contributed by atoms with Gasteiger partial charge in [-0.3, -0.25) is 14.8 Å². The van der Waals surface area contributed by atoms with Gasteiger partial charge in [-0.15, -0.1) is 0 Å². The lowest BCUT2D eigenvalue weighted by atomic mass is 9.99. The molecule has 258 valence electrons. The lowest BCUT2D eigenvalue weighted by Crippen LogP contribution is -2.38. The quantitative estimate of drug-likeness (QED) is 0.145. The molecule has 1 amide bonds. The zero-order chi connectivity index (χ0) is 35.0. The number of ether oxygens (including phenoxy) is 2. The highest BCUT2D eigenvalue weighted by atomic mass is 16.7. The monoisotopic (exact) mass is 679 g/mol. The molecule has 0 aliphatic carbocycles. The average molecular weight is 680 g/mol. The fraction of sp³-hybridized carbons (Fsp3) is 0.238. The molecule has 2 N–H and O–H groups in total. The van der Waals surface area contributed by atoms with Gasteiger partial charge < -0.3 is 24.8 Å². The van der Waals surface area contributed by atoms with Crippen molar-refractivity contribution in [2.24, 2.45) is 0 Å². The zero-order valence-electron chi connectivity index (χ0n) is 28.6. The lowest BCUT2D eigenvalue weighted by molar-refractivity contribution is -0.252. The summed E-state index contributed by atoms with van der Waals surface area (Å²) in [7, 11) is 2.12. The second-order valence-corrected chi connectivity index (χ2v) is 12.9. The molecule has 1 fully saturated rings. The third kappa shape index (κ3) is 8.71. The molecule has 1 aliphatic heterocycles. The predicted octanol–water partition coefficient (Wildman–Crippen LogP) is 6.83. The molecule has 6 aromatic rings. The van der Waals surface area contributed by atoms with E-state index in [1.807, 2.05) is 79.0 Å². The fourth-order valence-electron chi connectivity index (χ4n) is 6.36. The summed E-state index contributed by atoms with van der Waals surface area (Å²) in [5.74, 6) is -0.268. The highest BCUT2D eigenvalue weighted by molar-refractivity contribution is 5.93. The van der Waals surface area contributed by atoms with Crippen LogP contribution in [0, 0.1) is 0 Å². The lowest BCUT2D eigenvalue weighted by Gasteiger charge is -2.38. The van der Waals surface area contributed by atoms with Gasteiger partial charge in [-0.25, -0.2) is 4.98 Å². The SMILES string of the molecule is CN(CCc1ccccn1)CC1CC(c2ccc(CO)cc2)OC(c2ccc(-c3cccc(CNC(=O)c4cnc5ccccc5n4)c3)cc2)O1. The summed E-state index contributed by atoms with van der Waals surface area (Å²) < 4.78 is 13.2. The summed E-state index contributed by atoms with van der Waals surface area (Å²) >= 11 is 0. The number of carbonyl (C=O) groups is 1. The number of nitrogens with zero attached hydrogens (tertiary/aromatic N) is 4. The molecule has 3 unspecified atom stereocenters. The van der Waals surface area contributed by atoms with E-state index in [1.54, 1.807) is 0 Å². The van der Waals surface area contributed by atoms with Crippen molar-refractivity contribution in [1.29, 1.82) is 0 Å². The Bertz CT molecular complexity index is 2060. The number of nitrogens with one attached hydrogen (secondary N) is 1. The van der Waals surface area contributed by atoms with E-state index in [1.165, 1.54) is 6.20 Å². The number of hydrogen-bond donors (Lipinski definition) is 2. The van der Waals surface area contributed by atoms with Crippen molar-refractivity contribution in [3.63, 3.8) is 0 Å². The Morgan fingerprint density at radius 2 is 1.61 bits per heavy atom. The standard InChI is InChI=1S/C42H41N5O4/c1-47(22-20-35-9-4-5-21-43-35)27-36-24-40(32-14-12-29(28-48)13-15-32)51-42(50-36)33-18-16-31(17-19-33)34-8-6-7-30(23-34)25-45-41(49)39-26-44-37-10-2-3-11-38(37)46-39/h2-19,21,23,26,36,40,42,48H,20,22,24-25,27-28H2,1H3,(H,45,49). The molecular formula is C42H41N5O4. The number of amides is 1. The molecule has 0 spiro atoms. The maximum absolute atomic E-state index is 12.9. The van der Waals surface area contributed by atoms with Gasteiger partial charge in [0.2, 0.25) is 0 Å². The number of aromatic nitrogens is 3. The first-order valence-electron chi connectivity index (χ1n) is 17.3. The molecule has 9 nitrogen and oxygen atoms in total. The van der Waals surface area contributed by atoms with E-state index in [4.69, 9.17) is 9.47 Å². The van der Waals surface area contributed by atoms with Crippen LogP contribution in [0.3, 0.4) is 0 Å². The molecule has 1 saturated heterocycles. The maximum Gasteiger partial charge on any atom is 0.271 e. The van der Waals surface area contributed by atoms with Gasteiger partial charge in [-0.05, 0) is 65.2 Å². The first kappa shape index (κ1) is 34.1. The van der Waals surface area contributed by atoms with Gasteiger partial charge >= 0.3 is 0 Å². The minimum absolute atomic E-state index is 0.00560. The number of carbonyl (C=O) groups excluding carboxylic acids is 1. The van der Waals surface area contributed by atoms with Gasteiger partial charge in [0.05, 0.1) is 36.0 Å². The topological polar surface area (TPSA) is 110 Å². The zero-order valence-corrected chi connectivity index (χ0v) is 28.6. The summed E-state index contributed by atoms with van der Waals surface area (Å²) in [5.41, 5.74) is 8.74. The summed E-state index contributed by atoms with van der Waals surface area (Å²) in [6, 6.07) is 37.9. The Kier molecular flexibility index (Phi) is 10.8. The molecule has 0 saturated carbocycles. The minimum atomic E-state index is -0.538. The van der Waals surface area contributed by atoms with Gasteiger partial charge in [0.1, 0.15) is 5.69 Å². The van der Waals surface area contributed by atoms with Crippen LogP contribution >= 0.6 is 0 Å². The number of aliphatic hydroxyl groups is 1. The molecule has 0 bridgehead atoms. The Morgan fingerprint density at radius 3 is 2.39 bits per heavy atom. The summed E-state index contributed by atoms with van der Waals surface area (Å²) in [4.78, 5) is 28.4. The van der Waals surface area contributed by atoms with E-state index in [0.717, 1.165) is 70.5 Å². The Hall–Kier alpha value is -5.32. The van der Waals surface area contributed by atoms with Gasteiger partial charge in [0.15, 0.2) is 6.29 Å². The summed E-state index contributed by atoms with van der Waals surface area (Å²) in [5, 5.41) is 12.5. The second kappa shape index (κ2) is 16.1. The third-order valence-electron chi connectivity index (χ3n) is 9.18. The van der Waals surface area contributed by atoms with E-state index < -0.39 is 6.29 Å². The van der Waals surface area contributed by atoms with Crippen molar-refractivity contribution < 1.29 is 19.4 Å². The molecule has 3 heterocycles. The van der Waals surface area contributed by atoms with Crippen LogP contribution < -0.4 is 5.32 Å². The third-order valence-corrected chi connectivity index (χ3v) is 9.18. The normalized spacial score (nSPS) is 17.4. The number of benzene rings is 4. The Morgan fingerprint density at radius 1 is 0.824 bits per heavy atom. The van der Waals surface area contributed by atoms with E-state index in [9.17, 15) is 9.90 Å². The largest absolute Gasteiger partial charge is 0.392 e. The number of aliphatic hydroxyl groups excluding tert-OH is 1. The van der Waals surface area contributed by atoms with Crippen LogP contribution in [0.5, 0.6) is 0 Å². The number of para-hydroxylation sites is 2. The summed E-state index contributed by atoms with van der Waals surface area (Å²) in [6.45, 7) is 1.99. The van der Waals surface area contributed by atoms with Crippen LogP contribution in [-0.2, 0) is 29.0 Å². The molecule has 9 heteroatoms. The molecule has 3 atom stereocenters. The van der Waals surface area contributed by atoms with Crippen molar-refractivity contribution in [1.82, 2.24) is 25.2 Å². The Balaban J connectivity index is 1.02. The fourth-order valence-corrected chi connectivity index (χ4v) is 6.36. The first-order chi connectivity index (χ1) is 25.0. The highest BCUT2D eigenvalue weighted by Crippen LogP contribution is 2.38. The highest BCUT2D eigenvalue weighted by Gasteiger charge is 2.32. The average Bonchev–Trinajstić information content (AvgIpc) is 3.19. The van der Waals surface area contributed by atoms with Crippen LogP contribution in [0.25, 0.3) is 22.2 Å². The molecular weight excluding hydrogens is 638 g/mol. The smallest absolute Gasteiger partial charge is 0.271 e. The number of rotatable bonds is 12. The van der Waals surface area contributed by atoms with Crippen molar-refractivity contribution in [2.75, 3.05) is 20.1 Å². The van der Waals surface area contributed by atoms with E-state index in [0.29, 0.717) is 12.1 Å². The molecule has 1 aliphatic rings. The number of fused-ring (bicyclic) bond motifs is 1. The molecule has 7 rings (SSSR count). The molecule has 2 aromatic heterocycles. The van der Waals surface area contributed by atoms with Gasteiger partial charge in [-0.1, -0.05) is 84.9 Å². The number of hydrogen-bond acceptors (Lipinski definition) is 8. The molecule has 0 radical (unpaired) electrons. The van der Waals surface area contributed by atoms with Gasteiger partial charge in [0.25, 0.3) is 5.91 Å². The van der Waals surface area contributed by atoms with E-state index in [2.05, 4.69) is 74.7 Å². The van der Waals surface area contributed by atoms with Gasteiger partial charge in [0, 0.05) is 49.9 Å². The summed E-state index contributed by atoms with van der Waals surface area (Å²) in [6.07, 6.45) is 4.19. The van der Waals surface area contributed by atoms with Crippen LogP contribution in [0.2, 0.25) is 0 Å². The first-order valence-corrected chi connectivity index (χ1v) is 17.3. The molecule has 51 heavy (non-hydrogen) atoms. The van der Waals surface area contributed by atoms with Gasteiger partial charge in [-0.2, -0.15) is 0 Å². The Labute approximate surface area is 298 Å². The van der Waals surface area contributed by atoms with Crippen LogP contribution in [-0.4, -0.2) is 57.1 Å².